The van der Waals surface area contributed by atoms with E-state index in [4.69, 9.17) is 0 Å². The van der Waals surface area contributed by atoms with Gasteiger partial charge in [0.05, 0.1) is 23.9 Å². The minimum atomic E-state index is -0.894. The Morgan fingerprint density at radius 1 is 0.907 bits per heavy atom. The number of carbonyl (C=O) groups is 3. The molecule has 43 heavy (non-hydrogen) atoms. The summed E-state index contributed by atoms with van der Waals surface area (Å²) in [4.78, 5) is 44.9. The molecule has 0 spiro atoms. The molecule has 5 aromatic rings. The molecule has 3 atom stereocenters. The molecule has 0 bridgehead atoms. The molecule has 0 radical (unpaired) electrons. The number of aryl methyl sites for hydroxylation is 1. The average molecular weight is 573 g/mol. The maximum Gasteiger partial charge on any atom is 0.256 e. The Kier molecular flexibility index (Phi) is 6.70. The van der Waals surface area contributed by atoms with Gasteiger partial charge in [-0.3, -0.25) is 14.4 Å². The summed E-state index contributed by atoms with van der Waals surface area (Å²) in [6.45, 7) is 0.411. The number of aliphatic hydroxyl groups excluding tert-OH is 1. The first-order valence-electron chi connectivity index (χ1n) is 14.6. The molecule has 2 aliphatic rings. The zero-order valence-corrected chi connectivity index (χ0v) is 23.8. The molecular weight excluding hydrogens is 540 g/mol. The van der Waals surface area contributed by atoms with E-state index in [-0.39, 0.29) is 24.8 Å². The summed E-state index contributed by atoms with van der Waals surface area (Å²) in [5.74, 6) is -0.954. The van der Waals surface area contributed by atoms with E-state index in [2.05, 4.69) is 5.32 Å². The molecule has 1 aromatic heterocycles. The molecular formula is C35H32N4O4. The monoisotopic (exact) mass is 572 g/mol. The van der Waals surface area contributed by atoms with Gasteiger partial charge in [0, 0.05) is 48.9 Å². The molecule has 3 amide bonds. The molecule has 8 nitrogen and oxygen atoms in total. The van der Waals surface area contributed by atoms with E-state index in [0.29, 0.717) is 18.5 Å². The van der Waals surface area contributed by atoms with Crippen LogP contribution in [-0.2, 0) is 29.6 Å². The molecule has 3 heterocycles. The fraction of sp³-hybridized carbons (Fsp3) is 0.229. The van der Waals surface area contributed by atoms with Gasteiger partial charge in [0.15, 0.2) is 0 Å². The molecule has 1 fully saturated rings. The molecule has 2 unspecified atom stereocenters. The van der Waals surface area contributed by atoms with Gasteiger partial charge < -0.3 is 24.8 Å². The first-order chi connectivity index (χ1) is 20.9. The van der Waals surface area contributed by atoms with Gasteiger partial charge in [-0.2, -0.15) is 0 Å². The Hall–Kier alpha value is -4.95. The van der Waals surface area contributed by atoms with E-state index in [9.17, 15) is 19.5 Å². The SMILES string of the molecule is Cn1cc(C(=O)N2C[C@H](O)CC2C(=O)NC2Cc3ccc4ccccc4c3N(Cc3ccccc3)C2=O)c2ccccc21. The number of para-hydroxylation sites is 1. The van der Waals surface area contributed by atoms with Crippen LogP contribution in [0, 0.1) is 0 Å². The van der Waals surface area contributed by atoms with Crippen molar-refractivity contribution >= 4 is 45.1 Å². The molecule has 7 rings (SSSR count). The highest BCUT2D eigenvalue weighted by Crippen LogP contribution is 2.37. The summed E-state index contributed by atoms with van der Waals surface area (Å²) < 4.78 is 1.88. The van der Waals surface area contributed by atoms with Gasteiger partial charge in [-0.15, -0.1) is 0 Å². The number of carbonyl (C=O) groups excluding carboxylic acids is 3. The lowest BCUT2D eigenvalue weighted by atomic mass is 9.92. The lowest BCUT2D eigenvalue weighted by Gasteiger charge is -2.36. The van der Waals surface area contributed by atoms with E-state index >= 15 is 0 Å². The Labute approximate surface area is 249 Å². The number of aliphatic hydroxyl groups is 1. The summed E-state index contributed by atoms with van der Waals surface area (Å²) in [6, 6.07) is 27.8. The van der Waals surface area contributed by atoms with E-state index < -0.39 is 24.1 Å². The zero-order chi connectivity index (χ0) is 29.7. The maximum absolute atomic E-state index is 14.1. The predicted molar refractivity (Wildman–Crippen MR) is 166 cm³/mol. The van der Waals surface area contributed by atoms with Crippen molar-refractivity contribution < 1.29 is 19.5 Å². The number of fused-ring (bicyclic) bond motifs is 4. The first kappa shape index (κ1) is 26.9. The van der Waals surface area contributed by atoms with Gasteiger partial charge in [-0.05, 0) is 22.6 Å². The Bertz CT molecular complexity index is 1880. The maximum atomic E-state index is 14.1. The van der Waals surface area contributed by atoms with E-state index in [1.165, 1.54) is 4.90 Å². The van der Waals surface area contributed by atoms with Crippen LogP contribution in [0.5, 0.6) is 0 Å². The van der Waals surface area contributed by atoms with Crippen LogP contribution >= 0.6 is 0 Å². The average Bonchev–Trinajstić information content (AvgIpc) is 3.59. The van der Waals surface area contributed by atoms with Crippen molar-refractivity contribution in [2.75, 3.05) is 11.4 Å². The summed E-state index contributed by atoms with van der Waals surface area (Å²) in [7, 11) is 1.87. The van der Waals surface area contributed by atoms with Crippen LogP contribution in [0.3, 0.4) is 0 Å². The van der Waals surface area contributed by atoms with Crippen LogP contribution in [0.2, 0.25) is 0 Å². The Balaban J connectivity index is 1.19. The fourth-order valence-electron chi connectivity index (χ4n) is 6.65. The number of aromatic nitrogens is 1. The highest BCUT2D eigenvalue weighted by atomic mass is 16.3. The zero-order valence-electron chi connectivity index (χ0n) is 23.8. The Morgan fingerprint density at radius 3 is 2.44 bits per heavy atom. The summed E-state index contributed by atoms with van der Waals surface area (Å²) in [5, 5.41) is 16.4. The summed E-state index contributed by atoms with van der Waals surface area (Å²) in [5.41, 5.74) is 4.20. The number of hydrogen-bond donors (Lipinski definition) is 2. The van der Waals surface area contributed by atoms with Gasteiger partial charge in [0.25, 0.3) is 5.91 Å². The van der Waals surface area contributed by atoms with Gasteiger partial charge in [0.2, 0.25) is 11.8 Å². The van der Waals surface area contributed by atoms with Crippen molar-refractivity contribution in [2.45, 2.75) is 37.6 Å². The van der Waals surface area contributed by atoms with E-state index in [1.54, 1.807) is 11.1 Å². The third-order valence-electron chi connectivity index (χ3n) is 8.71. The molecule has 8 heteroatoms. The second-order valence-electron chi connectivity index (χ2n) is 11.5. The number of nitrogens with one attached hydrogen (secondary N) is 1. The number of hydrogen-bond acceptors (Lipinski definition) is 4. The largest absolute Gasteiger partial charge is 0.391 e. The number of nitrogens with zero attached hydrogens (tertiary/aromatic N) is 3. The highest BCUT2D eigenvalue weighted by molar-refractivity contribution is 6.11. The minimum Gasteiger partial charge on any atom is -0.391 e. The standard InChI is InChI=1S/C35H32N4O4/c1-37-21-28(27-13-7-8-14-30(27)37)34(42)38-20-25(40)18-31(38)33(41)36-29-17-24-16-15-23-11-5-6-12-26(23)32(24)39(35(29)43)19-22-9-3-2-4-10-22/h2-16,21,25,29,31,40H,17-20H2,1H3,(H,36,41)/t25-,29?,31?/m1/s1. The quantitative estimate of drug-likeness (QED) is 0.330. The molecule has 0 saturated carbocycles. The summed E-state index contributed by atoms with van der Waals surface area (Å²) >= 11 is 0. The molecule has 2 aliphatic heterocycles. The fourth-order valence-corrected chi connectivity index (χ4v) is 6.65. The van der Waals surface area contributed by atoms with Crippen molar-refractivity contribution in [3.05, 3.63) is 114 Å². The van der Waals surface area contributed by atoms with Crippen LogP contribution in [-0.4, -0.2) is 57.0 Å². The molecule has 2 N–H and O–H groups in total. The molecule has 4 aromatic carbocycles. The first-order valence-corrected chi connectivity index (χ1v) is 14.6. The van der Waals surface area contributed by atoms with Crippen LogP contribution in [0.25, 0.3) is 21.7 Å². The number of rotatable bonds is 5. The van der Waals surface area contributed by atoms with Crippen LogP contribution < -0.4 is 10.2 Å². The third kappa shape index (κ3) is 4.73. The molecule has 0 aliphatic carbocycles. The highest BCUT2D eigenvalue weighted by Gasteiger charge is 2.42. The van der Waals surface area contributed by atoms with Crippen LogP contribution in [0.4, 0.5) is 5.69 Å². The molecule has 216 valence electrons. The predicted octanol–water partition coefficient (Wildman–Crippen LogP) is 4.18. The Morgan fingerprint density at radius 2 is 1.63 bits per heavy atom. The van der Waals surface area contributed by atoms with Crippen molar-refractivity contribution in [1.29, 1.82) is 0 Å². The lowest BCUT2D eigenvalue weighted by Crippen LogP contribution is -2.56. The second kappa shape index (κ2) is 10.7. The van der Waals surface area contributed by atoms with Gasteiger partial charge >= 0.3 is 0 Å². The van der Waals surface area contributed by atoms with E-state index in [0.717, 1.165) is 38.5 Å². The minimum absolute atomic E-state index is 0.0493. The second-order valence-corrected chi connectivity index (χ2v) is 11.5. The number of benzene rings is 4. The number of β-amino-alcohol motifs (C(OH)–C–C–N with tert-alkyl or cyclic N) is 1. The smallest absolute Gasteiger partial charge is 0.256 e. The molecule has 1 saturated heterocycles. The number of anilines is 1. The number of amides is 3. The van der Waals surface area contributed by atoms with Crippen molar-refractivity contribution in [3.63, 3.8) is 0 Å². The van der Waals surface area contributed by atoms with Crippen LogP contribution in [0.15, 0.2) is 97.2 Å². The van der Waals surface area contributed by atoms with Gasteiger partial charge in [0.1, 0.15) is 12.1 Å². The summed E-state index contributed by atoms with van der Waals surface area (Å²) in [6.07, 6.45) is 1.37. The van der Waals surface area contributed by atoms with Crippen molar-refractivity contribution in [3.8, 4) is 0 Å². The topological polar surface area (TPSA) is 94.9 Å². The third-order valence-corrected chi connectivity index (χ3v) is 8.71. The van der Waals surface area contributed by atoms with Crippen molar-refractivity contribution in [2.24, 2.45) is 7.05 Å². The lowest BCUT2D eigenvalue weighted by molar-refractivity contribution is -0.130. The van der Waals surface area contributed by atoms with Gasteiger partial charge in [-0.25, -0.2) is 0 Å². The van der Waals surface area contributed by atoms with Crippen LogP contribution in [0.1, 0.15) is 27.9 Å². The number of likely N-dealkylation sites (tertiary alicyclic amines) is 1. The van der Waals surface area contributed by atoms with Crippen molar-refractivity contribution in [1.82, 2.24) is 14.8 Å². The normalized spacial score (nSPS) is 20.0. The van der Waals surface area contributed by atoms with E-state index in [1.807, 2.05) is 103 Å². The van der Waals surface area contributed by atoms with Gasteiger partial charge in [-0.1, -0.05) is 84.9 Å².